The van der Waals surface area contributed by atoms with E-state index in [1.54, 1.807) is 18.2 Å². The number of carbonyl (C=O) groups is 2. The van der Waals surface area contributed by atoms with Gasteiger partial charge in [-0.05, 0) is 43.2 Å². The largest absolute Gasteiger partial charge is 0.418 e. The summed E-state index contributed by atoms with van der Waals surface area (Å²) < 4.78 is 39.9. The number of alkyl halides is 3. The van der Waals surface area contributed by atoms with Gasteiger partial charge >= 0.3 is 6.18 Å². The first-order valence-electron chi connectivity index (χ1n) is 10.7. The summed E-state index contributed by atoms with van der Waals surface area (Å²) in [4.78, 5) is 37.0. The lowest BCUT2D eigenvalue weighted by Gasteiger charge is -2.16. The Bertz CT molecular complexity index is 1330. The van der Waals surface area contributed by atoms with Gasteiger partial charge in [0.1, 0.15) is 6.07 Å². The van der Waals surface area contributed by atoms with Crippen molar-refractivity contribution in [2.24, 2.45) is 5.41 Å². The lowest BCUT2D eigenvalue weighted by molar-refractivity contribution is -0.137. The van der Waals surface area contributed by atoms with Crippen molar-refractivity contribution < 1.29 is 22.8 Å². The normalized spacial score (nSPS) is 14.0. The molecule has 1 fully saturated rings. The number of Topliss-reactive ketones (excluding diaryl/α,β-unsaturated/α-hetero) is 1. The molecule has 184 valence electrons. The zero-order chi connectivity index (χ0) is 25.9. The second-order valence-corrected chi connectivity index (χ2v) is 8.76. The Balaban J connectivity index is 1.34. The van der Waals surface area contributed by atoms with Gasteiger partial charge in [0.15, 0.2) is 5.78 Å². The van der Waals surface area contributed by atoms with E-state index >= 15 is 0 Å². The molecule has 0 unspecified atom stereocenters. The number of hydrogen-bond donors (Lipinski definition) is 2. The van der Waals surface area contributed by atoms with Gasteiger partial charge in [0.25, 0.3) is 0 Å². The minimum Gasteiger partial charge on any atom is -0.354 e. The molecule has 2 N–H and O–H groups in total. The van der Waals surface area contributed by atoms with Crippen LogP contribution < -0.4 is 10.6 Å². The van der Waals surface area contributed by atoms with Crippen LogP contribution in [0.25, 0.3) is 0 Å². The second-order valence-electron chi connectivity index (χ2n) is 8.32. The minimum absolute atomic E-state index is 0.00693. The topological polar surface area (TPSA) is 121 Å². The van der Waals surface area contributed by atoms with Crippen LogP contribution >= 0.6 is 11.6 Å². The van der Waals surface area contributed by atoms with Crippen molar-refractivity contribution in [3.8, 4) is 6.07 Å². The molecule has 1 aliphatic carbocycles. The van der Waals surface area contributed by atoms with Crippen LogP contribution in [-0.4, -0.2) is 26.6 Å². The zero-order valence-electron chi connectivity index (χ0n) is 18.6. The molecule has 1 aromatic carbocycles. The number of anilines is 2. The molecule has 2 heterocycles. The Morgan fingerprint density at radius 3 is 2.39 bits per heavy atom. The van der Waals surface area contributed by atoms with Gasteiger partial charge in [-0.2, -0.15) is 18.4 Å². The number of nitriles is 1. The van der Waals surface area contributed by atoms with Crippen molar-refractivity contribution in [2.45, 2.75) is 32.0 Å². The number of benzene rings is 1. The average molecular weight is 515 g/mol. The summed E-state index contributed by atoms with van der Waals surface area (Å²) in [6, 6.07) is 8.32. The predicted octanol–water partition coefficient (Wildman–Crippen LogP) is 4.83. The summed E-state index contributed by atoms with van der Waals surface area (Å²) in [6.45, 7) is 0.0871. The van der Waals surface area contributed by atoms with Crippen LogP contribution in [0.4, 0.5) is 24.5 Å². The van der Waals surface area contributed by atoms with Crippen molar-refractivity contribution in [2.75, 3.05) is 5.32 Å². The van der Waals surface area contributed by atoms with Gasteiger partial charge in [0.2, 0.25) is 11.7 Å². The number of pyridine rings is 1. The lowest BCUT2D eigenvalue weighted by atomic mass is 9.95. The number of halogens is 4. The summed E-state index contributed by atoms with van der Waals surface area (Å²) in [5.74, 6) is -0.625. The quantitative estimate of drug-likeness (QED) is 0.413. The molecule has 8 nitrogen and oxygen atoms in total. The molecule has 0 spiro atoms. The van der Waals surface area contributed by atoms with Crippen molar-refractivity contribution >= 4 is 34.7 Å². The third-order valence-corrected chi connectivity index (χ3v) is 5.96. The Morgan fingerprint density at radius 2 is 1.81 bits per heavy atom. The van der Waals surface area contributed by atoms with Gasteiger partial charge in [0, 0.05) is 23.8 Å². The molecular formula is C24H18ClF3N6O2. The lowest BCUT2D eigenvalue weighted by Crippen LogP contribution is -2.33. The Kier molecular flexibility index (Phi) is 6.90. The molecule has 3 aromatic rings. The molecule has 0 atom stereocenters. The maximum atomic E-state index is 13.3. The first-order valence-corrected chi connectivity index (χ1v) is 11.1. The number of nitrogens with one attached hydrogen (secondary N) is 2. The smallest absolute Gasteiger partial charge is 0.354 e. The van der Waals surface area contributed by atoms with E-state index in [0.29, 0.717) is 24.2 Å². The second kappa shape index (κ2) is 9.91. The van der Waals surface area contributed by atoms with E-state index < -0.39 is 17.2 Å². The highest BCUT2D eigenvalue weighted by Gasteiger charge is 2.51. The van der Waals surface area contributed by atoms with Crippen LogP contribution in [-0.2, 0) is 17.5 Å². The van der Waals surface area contributed by atoms with Crippen LogP contribution in [0.15, 0.2) is 48.9 Å². The maximum Gasteiger partial charge on any atom is 0.418 e. The third-order valence-electron chi connectivity index (χ3n) is 5.73. The number of ketones is 1. The van der Waals surface area contributed by atoms with Crippen molar-refractivity contribution in [3.63, 3.8) is 0 Å². The van der Waals surface area contributed by atoms with E-state index in [0.717, 1.165) is 6.07 Å². The van der Waals surface area contributed by atoms with Crippen molar-refractivity contribution in [1.29, 1.82) is 5.26 Å². The number of rotatable bonds is 8. The molecule has 1 amide bonds. The zero-order valence-corrected chi connectivity index (χ0v) is 19.3. The van der Waals surface area contributed by atoms with E-state index in [4.69, 9.17) is 16.9 Å². The van der Waals surface area contributed by atoms with Gasteiger partial charge in [-0.1, -0.05) is 11.6 Å². The highest BCUT2D eigenvalue weighted by atomic mass is 35.5. The molecule has 4 rings (SSSR count). The first kappa shape index (κ1) is 25.1. The van der Waals surface area contributed by atoms with E-state index in [1.807, 2.05) is 0 Å². The fourth-order valence-electron chi connectivity index (χ4n) is 3.55. The fraction of sp³-hybridized carbons (Fsp3) is 0.250. The summed E-state index contributed by atoms with van der Waals surface area (Å²) in [6.07, 6.45) is 0.413. The maximum absolute atomic E-state index is 13.3. The first-order chi connectivity index (χ1) is 17.1. The minimum atomic E-state index is -4.59. The molecular weight excluding hydrogens is 497 g/mol. The number of amides is 1. The van der Waals surface area contributed by atoms with Gasteiger partial charge in [0.05, 0.1) is 46.4 Å². The van der Waals surface area contributed by atoms with E-state index in [-0.39, 0.29) is 46.8 Å². The van der Waals surface area contributed by atoms with Crippen LogP contribution in [0.5, 0.6) is 0 Å². The van der Waals surface area contributed by atoms with Gasteiger partial charge in [-0.3, -0.25) is 14.6 Å². The SMILES string of the molecule is N#Cc1ncc(C(=O)CC2(C(=O)NCc3ccc(Nc4ccc(Cl)cc4C(F)(F)F)cn3)CC2)cn1. The molecule has 36 heavy (non-hydrogen) atoms. The van der Waals surface area contributed by atoms with E-state index in [1.165, 1.54) is 30.7 Å². The fourth-order valence-corrected chi connectivity index (χ4v) is 3.72. The van der Waals surface area contributed by atoms with E-state index in [9.17, 15) is 22.8 Å². The molecule has 0 radical (unpaired) electrons. The molecule has 0 aliphatic heterocycles. The van der Waals surface area contributed by atoms with Crippen LogP contribution in [0.1, 0.15) is 46.7 Å². The van der Waals surface area contributed by atoms with Crippen LogP contribution in [0, 0.1) is 16.7 Å². The number of carbonyl (C=O) groups excluding carboxylic acids is 2. The molecule has 2 aromatic heterocycles. The predicted molar refractivity (Wildman–Crippen MR) is 123 cm³/mol. The van der Waals surface area contributed by atoms with Crippen LogP contribution in [0.3, 0.4) is 0 Å². The Labute approximate surface area is 208 Å². The molecule has 0 bridgehead atoms. The van der Waals surface area contributed by atoms with Crippen molar-refractivity contribution in [3.05, 3.63) is 76.6 Å². The van der Waals surface area contributed by atoms with Crippen molar-refractivity contribution in [1.82, 2.24) is 20.3 Å². The van der Waals surface area contributed by atoms with E-state index in [2.05, 4.69) is 25.6 Å². The third kappa shape index (κ3) is 5.78. The van der Waals surface area contributed by atoms with Gasteiger partial charge in [-0.25, -0.2) is 9.97 Å². The number of hydrogen-bond acceptors (Lipinski definition) is 7. The Hall–Kier alpha value is -4.04. The van der Waals surface area contributed by atoms with Crippen LogP contribution in [0.2, 0.25) is 5.02 Å². The molecule has 12 heteroatoms. The molecule has 1 aliphatic rings. The number of nitrogens with zero attached hydrogens (tertiary/aromatic N) is 4. The summed E-state index contributed by atoms with van der Waals surface area (Å²) in [5.41, 5.74) is -0.830. The standard InChI is InChI=1S/C24H18ClF3N6O2/c25-15-1-4-19(18(7-15)24(26,27)28)34-17-3-2-16(30-13-17)12-33-22(36)23(5-6-23)8-20(35)14-10-31-21(9-29)32-11-14/h1-4,7,10-11,13,34H,5-6,8,12H2,(H,33,36). The highest BCUT2D eigenvalue weighted by Crippen LogP contribution is 2.49. The summed E-state index contributed by atoms with van der Waals surface area (Å²) in [7, 11) is 0. The summed E-state index contributed by atoms with van der Waals surface area (Å²) >= 11 is 5.70. The van der Waals surface area contributed by atoms with Gasteiger partial charge < -0.3 is 10.6 Å². The Morgan fingerprint density at radius 1 is 1.08 bits per heavy atom. The van der Waals surface area contributed by atoms with Gasteiger partial charge in [-0.15, -0.1) is 0 Å². The summed E-state index contributed by atoms with van der Waals surface area (Å²) in [5, 5.41) is 14.2. The number of aromatic nitrogens is 3. The molecule has 0 saturated heterocycles. The highest BCUT2D eigenvalue weighted by molar-refractivity contribution is 6.30. The average Bonchev–Trinajstić information content (AvgIpc) is 3.64. The monoisotopic (exact) mass is 514 g/mol. The molecule has 1 saturated carbocycles.